The molecule has 0 radical (unpaired) electrons. The summed E-state index contributed by atoms with van der Waals surface area (Å²) in [7, 11) is 0. The minimum atomic E-state index is -2.66. The van der Waals surface area contributed by atoms with E-state index in [1.807, 2.05) is 0 Å². The van der Waals surface area contributed by atoms with E-state index in [0.29, 0.717) is 24.8 Å². The predicted octanol–water partition coefficient (Wildman–Crippen LogP) is 4.45. The minimum absolute atomic E-state index is 0.0765. The molecule has 1 aromatic rings. The lowest BCUT2D eigenvalue weighted by Crippen LogP contribution is -2.63. The molecule has 1 aliphatic carbocycles. The van der Waals surface area contributed by atoms with E-state index in [-0.39, 0.29) is 23.5 Å². The van der Waals surface area contributed by atoms with E-state index in [9.17, 15) is 13.2 Å². The number of hydrogen-bond acceptors (Lipinski definition) is 2. The van der Waals surface area contributed by atoms with Gasteiger partial charge in [0.25, 0.3) is 0 Å². The number of alkyl halides is 2. The van der Waals surface area contributed by atoms with Gasteiger partial charge in [-0.15, -0.1) is 0 Å². The Morgan fingerprint density at radius 3 is 2.64 bits per heavy atom. The van der Waals surface area contributed by atoms with Gasteiger partial charge in [-0.05, 0) is 43.4 Å². The molecule has 0 spiro atoms. The van der Waals surface area contributed by atoms with Crippen LogP contribution in [0.5, 0.6) is 0 Å². The largest absolute Gasteiger partial charge is 0.477 e. The van der Waals surface area contributed by atoms with Gasteiger partial charge in [0.2, 0.25) is 6.43 Å². The fourth-order valence-electron chi connectivity index (χ4n) is 4.30. The highest BCUT2D eigenvalue weighted by Gasteiger charge is 2.64. The second-order valence-corrected chi connectivity index (χ2v) is 6.31. The molecule has 0 aromatic heterocycles. The SMILES string of the molecule is CCC1C(=N)OC2CCC2C1(c1cccc(F)c1C)C(F)F. The van der Waals surface area contributed by atoms with Crippen molar-refractivity contribution in [3.8, 4) is 0 Å². The first kappa shape index (κ1) is 15.4. The van der Waals surface area contributed by atoms with Crippen LogP contribution >= 0.6 is 0 Å². The van der Waals surface area contributed by atoms with Crippen LogP contribution in [0.15, 0.2) is 18.2 Å². The Morgan fingerprint density at radius 2 is 2.09 bits per heavy atom. The number of rotatable bonds is 3. The van der Waals surface area contributed by atoms with Gasteiger partial charge in [0.15, 0.2) is 5.90 Å². The molecule has 2 nitrogen and oxygen atoms in total. The highest BCUT2D eigenvalue weighted by Crippen LogP contribution is 2.58. The molecule has 120 valence electrons. The van der Waals surface area contributed by atoms with Crippen molar-refractivity contribution in [2.24, 2.45) is 11.8 Å². The Hall–Kier alpha value is -1.52. The predicted molar refractivity (Wildman–Crippen MR) is 77.9 cm³/mol. The summed E-state index contributed by atoms with van der Waals surface area (Å²) in [5.41, 5.74) is -0.905. The van der Waals surface area contributed by atoms with Crippen molar-refractivity contribution >= 4 is 5.90 Å². The fourth-order valence-corrected chi connectivity index (χ4v) is 4.30. The van der Waals surface area contributed by atoms with Crippen LogP contribution in [-0.2, 0) is 10.2 Å². The molecule has 0 bridgehead atoms. The van der Waals surface area contributed by atoms with Crippen LogP contribution in [0.1, 0.15) is 37.3 Å². The average Bonchev–Trinajstić information content (AvgIpc) is 2.44. The zero-order chi connectivity index (χ0) is 16.1. The molecule has 1 N–H and O–H groups in total. The maximum atomic E-state index is 14.4. The third-order valence-electron chi connectivity index (χ3n) is 5.50. The van der Waals surface area contributed by atoms with Crippen LogP contribution < -0.4 is 0 Å². The molecule has 1 aromatic carbocycles. The smallest absolute Gasteiger partial charge is 0.249 e. The van der Waals surface area contributed by atoms with Crippen molar-refractivity contribution in [1.29, 1.82) is 5.41 Å². The highest BCUT2D eigenvalue weighted by molar-refractivity contribution is 5.79. The number of hydrogen-bond donors (Lipinski definition) is 1. The lowest BCUT2D eigenvalue weighted by molar-refractivity contribution is -0.127. The van der Waals surface area contributed by atoms with Crippen molar-refractivity contribution < 1.29 is 17.9 Å². The van der Waals surface area contributed by atoms with Crippen LogP contribution in [0.3, 0.4) is 0 Å². The molecular formula is C17H20F3NO. The molecule has 1 saturated carbocycles. The molecule has 1 saturated heterocycles. The van der Waals surface area contributed by atoms with Gasteiger partial charge in [0.1, 0.15) is 11.9 Å². The van der Waals surface area contributed by atoms with Crippen molar-refractivity contribution in [2.45, 2.75) is 51.1 Å². The van der Waals surface area contributed by atoms with Gasteiger partial charge in [-0.2, -0.15) is 0 Å². The molecule has 4 unspecified atom stereocenters. The number of nitrogens with one attached hydrogen (secondary N) is 1. The summed E-state index contributed by atoms with van der Waals surface area (Å²) in [4.78, 5) is 0. The van der Waals surface area contributed by atoms with Gasteiger partial charge in [-0.1, -0.05) is 19.1 Å². The van der Waals surface area contributed by atoms with E-state index in [4.69, 9.17) is 10.1 Å². The molecule has 2 fully saturated rings. The van der Waals surface area contributed by atoms with E-state index in [1.54, 1.807) is 19.9 Å². The van der Waals surface area contributed by atoms with E-state index in [0.717, 1.165) is 0 Å². The molecule has 4 atom stereocenters. The average molecular weight is 311 g/mol. The number of halogens is 3. The van der Waals surface area contributed by atoms with E-state index in [1.165, 1.54) is 12.1 Å². The van der Waals surface area contributed by atoms with E-state index >= 15 is 0 Å². The van der Waals surface area contributed by atoms with Gasteiger partial charge in [-0.3, -0.25) is 5.41 Å². The van der Waals surface area contributed by atoms with Crippen molar-refractivity contribution in [3.63, 3.8) is 0 Å². The molecule has 1 heterocycles. The van der Waals surface area contributed by atoms with Crippen LogP contribution in [0.25, 0.3) is 0 Å². The van der Waals surface area contributed by atoms with Crippen LogP contribution in [0.2, 0.25) is 0 Å². The molecule has 0 amide bonds. The van der Waals surface area contributed by atoms with E-state index < -0.39 is 23.6 Å². The summed E-state index contributed by atoms with van der Waals surface area (Å²) in [5.74, 6) is -1.62. The third-order valence-corrected chi connectivity index (χ3v) is 5.50. The third kappa shape index (κ3) is 1.83. The fraction of sp³-hybridized carbons (Fsp3) is 0.588. The van der Waals surface area contributed by atoms with Gasteiger partial charge >= 0.3 is 0 Å². The Kier molecular flexibility index (Phi) is 3.69. The molecule has 22 heavy (non-hydrogen) atoms. The first-order valence-electron chi connectivity index (χ1n) is 7.73. The first-order chi connectivity index (χ1) is 10.4. The second kappa shape index (κ2) is 5.28. The Balaban J connectivity index is 2.25. The van der Waals surface area contributed by atoms with Crippen molar-refractivity contribution in [2.75, 3.05) is 0 Å². The lowest BCUT2D eigenvalue weighted by Gasteiger charge is -2.57. The molecule has 2 aliphatic rings. The molecule has 1 aliphatic heterocycles. The lowest BCUT2D eigenvalue weighted by atomic mass is 9.52. The van der Waals surface area contributed by atoms with Gasteiger partial charge in [0, 0.05) is 11.8 Å². The van der Waals surface area contributed by atoms with Gasteiger partial charge in [0.05, 0.1) is 5.41 Å². The monoisotopic (exact) mass is 311 g/mol. The maximum absolute atomic E-state index is 14.4. The number of ether oxygens (including phenoxy) is 1. The normalized spacial score (nSPS) is 34.1. The van der Waals surface area contributed by atoms with Crippen LogP contribution in [0, 0.1) is 30.0 Å². The summed E-state index contributed by atoms with van der Waals surface area (Å²) in [6, 6.07) is 4.38. The summed E-state index contributed by atoms with van der Waals surface area (Å²) in [6.45, 7) is 3.33. The zero-order valence-corrected chi connectivity index (χ0v) is 12.7. The summed E-state index contributed by atoms with van der Waals surface area (Å²) >= 11 is 0. The van der Waals surface area contributed by atoms with Crippen LogP contribution in [-0.4, -0.2) is 18.4 Å². The summed E-state index contributed by atoms with van der Waals surface area (Å²) < 4.78 is 48.3. The topological polar surface area (TPSA) is 33.1 Å². The number of benzene rings is 1. The minimum Gasteiger partial charge on any atom is -0.477 e. The maximum Gasteiger partial charge on any atom is 0.249 e. The molecule has 5 heteroatoms. The second-order valence-electron chi connectivity index (χ2n) is 6.31. The Labute approximate surface area is 128 Å². The van der Waals surface area contributed by atoms with Crippen LogP contribution in [0.4, 0.5) is 13.2 Å². The van der Waals surface area contributed by atoms with Gasteiger partial charge in [-0.25, -0.2) is 13.2 Å². The Morgan fingerprint density at radius 1 is 1.36 bits per heavy atom. The highest BCUT2D eigenvalue weighted by atomic mass is 19.3. The quantitative estimate of drug-likeness (QED) is 0.879. The standard InChI is InChI=1S/C17H20F3NO/c1-3-10-15(21)22-14-8-7-12(14)17(10,16(19)20)11-5-4-6-13(18)9(11)2/h4-6,10,12,14,16,21H,3,7-8H2,1-2H3. The molecular weight excluding hydrogens is 291 g/mol. The summed E-state index contributed by atoms with van der Waals surface area (Å²) in [6.07, 6.45) is -1.30. The van der Waals surface area contributed by atoms with Crippen molar-refractivity contribution in [3.05, 3.63) is 35.1 Å². The van der Waals surface area contributed by atoms with Crippen molar-refractivity contribution in [1.82, 2.24) is 0 Å². The zero-order valence-electron chi connectivity index (χ0n) is 12.7. The van der Waals surface area contributed by atoms with Gasteiger partial charge < -0.3 is 4.74 Å². The first-order valence-corrected chi connectivity index (χ1v) is 7.73. The van der Waals surface area contributed by atoms with E-state index in [2.05, 4.69) is 0 Å². The molecule has 3 rings (SSSR count). The number of fused-ring (bicyclic) bond motifs is 1. The Bertz CT molecular complexity index is 604. The summed E-state index contributed by atoms with van der Waals surface area (Å²) in [5, 5.41) is 8.07.